The number of hydrogen-bond donors (Lipinski definition) is 2. The summed E-state index contributed by atoms with van der Waals surface area (Å²) in [4.78, 5) is 18.3. The van der Waals surface area contributed by atoms with Crippen molar-refractivity contribution < 1.29 is 14.6 Å². The van der Waals surface area contributed by atoms with Crippen molar-refractivity contribution in [3.8, 4) is 39.4 Å². The minimum absolute atomic E-state index is 0.0934. The maximum absolute atomic E-state index is 10.9. The fourth-order valence-corrected chi connectivity index (χ4v) is 4.33. The Morgan fingerprint density at radius 3 is 2.56 bits per heavy atom. The van der Waals surface area contributed by atoms with Gasteiger partial charge in [-0.2, -0.15) is 0 Å². The van der Waals surface area contributed by atoms with Crippen LogP contribution >= 0.6 is 11.8 Å². The van der Waals surface area contributed by atoms with E-state index in [4.69, 9.17) is 9.84 Å². The molecule has 0 aliphatic rings. The standard InChI is InChI=1S/C26H20N4O3S/c1-33-23-8-9-27-14-22(23)20-11-19(18-7-6-16-4-2-3-5-17(16)10-18)12-21(13-20)25-28-26(30-29-25)34-15-24(31)32/h2-14H,15H2,1H3,(H,31,32)(H,28,29,30). The molecule has 0 atom stereocenters. The molecule has 0 amide bonds. The van der Waals surface area contributed by atoms with Gasteiger partial charge in [-0.15, -0.1) is 10.2 Å². The van der Waals surface area contributed by atoms with E-state index < -0.39 is 5.97 Å². The number of aromatic nitrogens is 4. The molecule has 0 radical (unpaired) electrons. The topological polar surface area (TPSA) is 101 Å². The van der Waals surface area contributed by atoms with Crippen molar-refractivity contribution in [2.75, 3.05) is 12.9 Å². The number of hydrogen-bond acceptors (Lipinski definition) is 6. The van der Waals surface area contributed by atoms with Gasteiger partial charge in [0.2, 0.25) is 0 Å². The van der Waals surface area contributed by atoms with Crippen LogP contribution in [0.2, 0.25) is 0 Å². The highest BCUT2D eigenvalue weighted by atomic mass is 32.2. The van der Waals surface area contributed by atoms with E-state index in [2.05, 4.69) is 56.6 Å². The van der Waals surface area contributed by atoms with Crippen molar-refractivity contribution in [3.63, 3.8) is 0 Å². The third kappa shape index (κ3) is 4.49. The van der Waals surface area contributed by atoms with Gasteiger partial charge < -0.3 is 14.8 Å². The van der Waals surface area contributed by atoms with Gasteiger partial charge in [0, 0.05) is 23.5 Å². The first-order valence-corrected chi connectivity index (χ1v) is 11.5. The Morgan fingerprint density at radius 1 is 0.941 bits per heavy atom. The number of carboxylic acids is 1. The third-order valence-electron chi connectivity index (χ3n) is 5.40. The predicted molar refractivity (Wildman–Crippen MR) is 133 cm³/mol. The summed E-state index contributed by atoms with van der Waals surface area (Å²) >= 11 is 1.09. The second kappa shape index (κ2) is 9.36. The molecular weight excluding hydrogens is 448 g/mol. The van der Waals surface area contributed by atoms with Crippen molar-refractivity contribution in [1.29, 1.82) is 0 Å². The zero-order chi connectivity index (χ0) is 23.5. The van der Waals surface area contributed by atoms with E-state index in [1.807, 2.05) is 30.3 Å². The van der Waals surface area contributed by atoms with Crippen LogP contribution < -0.4 is 4.74 Å². The number of aliphatic carboxylic acids is 1. The zero-order valence-corrected chi connectivity index (χ0v) is 19.0. The monoisotopic (exact) mass is 468 g/mol. The van der Waals surface area contributed by atoms with Gasteiger partial charge in [-0.1, -0.05) is 48.2 Å². The van der Waals surface area contributed by atoms with E-state index in [9.17, 15) is 4.79 Å². The SMILES string of the molecule is COc1ccncc1-c1cc(-c2ccc3ccccc3c2)cc(-c2nnc(SCC(=O)O)[nH]2)c1. The van der Waals surface area contributed by atoms with Crippen molar-refractivity contribution in [2.45, 2.75) is 5.16 Å². The predicted octanol–water partition coefficient (Wildman–Crippen LogP) is 5.54. The average Bonchev–Trinajstić information content (AvgIpc) is 3.36. The smallest absolute Gasteiger partial charge is 0.313 e. The van der Waals surface area contributed by atoms with Gasteiger partial charge in [0.15, 0.2) is 11.0 Å². The van der Waals surface area contributed by atoms with Crippen LogP contribution in [0.4, 0.5) is 0 Å². The molecule has 0 unspecified atom stereocenters. The first-order chi connectivity index (χ1) is 16.6. The number of benzene rings is 3. The fourth-order valence-electron chi connectivity index (χ4n) is 3.80. The normalized spacial score (nSPS) is 11.0. The quantitative estimate of drug-likeness (QED) is 0.303. The third-order valence-corrected chi connectivity index (χ3v) is 6.25. The lowest BCUT2D eigenvalue weighted by Crippen LogP contribution is -1.97. The van der Waals surface area contributed by atoms with E-state index in [1.54, 1.807) is 19.5 Å². The lowest BCUT2D eigenvalue weighted by atomic mass is 9.95. The number of carboxylic acid groups (broad SMARTS) is 1. The molecule has 0 saturated carbocycles. The lowest BCUT2D eigenvalue weighted by molar-refractivity contribution is -0.133. The number of thioether (sulfide) groups is 1. The Balaban J connectivity index is 1.64. The molecular formula is C26H20N4O3S. The van der Waals surface area contributed by atoms with Crippen LogP contribution in [0.5, 0.6) is 5.75 Å². The average molecular weight is 469 g/mol. The number of ether oxygens (including phenoxy) is 1. The van der Waals surface area contributed by atoms with Crippen LogP contribution in [-0.4, -0.2) is 44.1 Å². The molecule has 2 heterocycles. The van der Waals surface area contributed by atoms with Crippen LogP contribution in [0.3, 0.4) is 0 Å². The second-order valence-corrected chi connectivity index (χ2v) is 8.56. The Labute approximate surface area is 199 Å². The molecule has 3 aromatic carbocycles. The van der Waals surface area contributed by atoms with Crippen LogP contribution in [0.15, 0.2) is 84.3 Å². The molecule has 0 aliphatic carbocycles. The number of H-pyrrole nitrogens is 1. The van der Waals surface area contributed by atoms with Gasteiger partial charge in [0.1, 0.15) is 5.75 Å². The van der Waals surface area contributed by atoms with Crippen LogP contribution in [-0.2, 0) is 4.79 Å². The molecule has 8 heteroatoms. The van der Waals surface area contributed by atoms with E-state index in [0.29, 0.717) is 16.7 Å². The van der Waals surface area contributed by atoms with Gasteiger partial charge in [-0.3, -0.25) is 9.78 Å². The Hall–Kier alpha value is -4.17. The number of aromatic amines is 1. The summed E-state index contributed by atoms with van der Waals surface area (Å²) < 4.78 is 5.57. The highest BCUT2D eigenvalue weighted by Gasteiger charge is 2.14. The molecule has 7 nitrogen and oxygen atoms in total. The largest absolute Gasteiger partial charge is 0.496 e. The first-order valence-electron chi connectivity index (χ1n) is 10.5. The summed E-state index contributed by atoms with van der Waals surface area (Å²) in [7, 11) is 1.63. The van der Waals surface area contributed by atoms with Gasteiger partial charge in [-0.05, 0) is 57.8 Å². The highest BCUT2D eigenvalue weighted by molar-refractivity contribution is 7.99. The van der Waals surface area contributed by atoms with Crippen molar-refractivity contribution in [3.05, 3.63) is 79.1 Å². The zero-order valence-electron chi connectivity index (χ0n) is 18.2. The molecule has 0 aliphatic heterocycles. The minimum Gasteiger partial charge on any atom is -0.496 e. The summed E-state index contributed by atoms with van der Waals surface area (Å²) in [5, 5.41) is 20.1. The number of methoxy groups -OCH3 is 1. The number of rotatable bonds is 7. The minimum atomic E-state index is -0.910. The number of nitrogens with zero attached hydrogens (tertiary/aromatic N) is 3. The lowest BCUT2D eigenvalue weighted by Gasteiger charge is -2.12. The summed E-state index contributed by atoms with van der Waals surface area (Å²) in [5.74, 6) is 0.267. The Bertz CT molecular complexity index is 1500. The highest BCUT2D eigenvalue weighted by Crippen LogP contribution is 2.36. The summed E-state index contributed by atoms with van der Waals surface area (Å²) in [6.07, 6.45) is 3.47. The van der Waals surface area contributed by atoms with E-state index >= 15 is 0 Å². The first kappa shape index (κ1) is 21.7. The van der Waals surface area contributed by atoms with Gasteiger partial charge in [-0.25, -0.2) is 0 Å². The molecule has 2 aromatic heterocycles. The molecule has 0 saturated heterocycles. The summed E-state index contributed by atoms with van der Waals surface area (Å²) in [5.41, 5.74) is 4.65. The molecule has 5 rings (SSSR count). The Kier molecular flexibility index (Phi) is 5.97. The summed E-state index contributed by atoms with van der Waals surface area (Å²) in [6.45, 7) is 0. The maximum Gasteiger partial charge on any atom is 0.313 e. The number of carbonyl (C=O) groups is 1. The van der Waals surface area contributed by atoms with Crippen molar-refractivity contribution in [2.24, 2.45) is 0 Å². The molecule has 168 valence electrons. The summed E-state index contributed by atoms with van der Waals surface area (Å²) in [6, 6.07) is 22.6. The van der Waals surface area contributed by atoms with Crippen LogP contribution in [0.1, 0.15) is 0 Å². The van der Waals surface area contributed by atoms with Crippen molar-refractivity contribution in [1.82, 2.24) is 20.2 Å². The van der Waals surface area contributed by atoms with Gasteiger partial charge in [0.05, 0.1) is 12.9 Å². The van der Waals surface area contributed by atoms with E-state index in [0.717, 1.165) is 45.0 Å². The van der Waals surface area contributed by atoms with E-state index in [1.165, 1.54) is 5.39 Å². The number of nitrogens with one attached hydrogen (secondary N) is 1. The second-order valence-electron chi connectivity index (χ2n) is 7.60. The fraction of sp³-hybridized carbons (Fsp3) is 0.0769. The molecule has 0 bridgehead atoms. The molecule has 0 spiro atoms. The van der Waals surface area contributed by atoms with Crippen LogP contribution in [0.25, 0.3) is 44.4 Å². The number of fused-ring (bicyclic) bond motifs is 1. The molecule has 5 aromatic rings. The maximum atomic E-state index is 10.9. The molecule has 0 fully saturated rings. The van der Waals surface area contributed by atoms with Gasteiger partial charge >= 0.3 is 5.97 Å². The van der Waals surface area contributed by atoms with Gasteiger partial charge in [0.25, 0.3) is 0 Å². The molecule has 2 N–H and O–H groups in total. The van der Waals surface area contributed by atoms with Crippen molar-refractivity contribution >= 4 is 28.5 Å². The number of pyridine rings is 1. The Morgan fingerprint density at radius 2 is 1.74 bits per heavy atom. The molecule has 34 heavy (non-hydrogen) atoms. The van der Waals surface area contributed by atoms with Crippen LogP contribution in [0, 0.1) is 0 Å². The van der Waals surface area contributed by atoms with E-state index in [-0.39, 0.29) is 5.75 Å².